The van der Waals surface area contributed by atoms with Crippen LogP contribution in [0.1, 0.15) is 34.6 Å². The number of amides is 1. The highest BCUT2D eigenvalue weighted by molar-refractivity contribution is 5.70. The van der Waals surface area contributed by atoms with Gasteiger partial charge < -0.3 is 14.6 Å². The molecular weight excluding hydrogens is 286 g/mol. The van der Waals surface area contributed by atoms with E-state index in [4.69, 9.17) is 9.47 Å². The second-order valence-electron chi connectivity index (χ2n) is 6.93. The minimum Gasteiger partial charge on any atom is -0.444 e. The van der Waals surface area contributed by atoms with E-state index in [2.05, 4.69) is 5.10 Å². The minimum absolute atomic E-state index is 0.172. The third-order valence-corrected chi connectivity index (χ3v) is 3.48. The zero-order valence-electron chi connectivity index (χ0n) is 13.8. The summed E-state index contributed by atoms with van der Waals surface area (Å²) in [7, 11) is 0. The highest BCUT2D eigenvalue weighted by Gasteiger charge is 2.51. The van der Waals surface area contributed by atoms with Gasteiger partial charge in [0.05, 0.1) is 19.2 Å². The van der Waals surface area contributed by atoms with Gasteiger partial charge >= 0.3 is 6.09 Å². The van der Waals surface area contributed by atoms with Gasteiger partial charge in [-0.1, -0.05) is 0 Å². The molecule has 2 heterocycles. The van der Waals surface area contributed by atoms with Crippen molar-refractivity contribution < 1.29 is 19.4 Å². The second-order valence-corrected chi connectivity index (χ2v) is 6.93. The van der Waals surface area contributed by atoms with E-state index in [-0.39, 0.29) is 12.6 Å². The van der Waals surface area contributed by atoms with Crippen molar-refractivity contribution in [3.05, 3.63) is 18.5 Å². The number of ether oxygens (including phenoxy) is 2. The van der Waals surface area contributed by atoms with Gasteiger partial charge in [-0.15, -0.1) is 0 Å². The Hall–Kier alpha value is -1.60. The quantitative estimate of drug-likeness (QED) is 0.918. The van der Waals surface area contributed by atoms with Gasteiger partial charge in [-0.25, -0.2) is 4.79 Å². The maximum atomic E-state index is 12.6. The van der Waals surface area contributed by atoms with E-state index in [1.807, 2.05) is 33.0 Å². The van der Waals surface area contributed by atoms with E-state index in [1.165, 1.54) is 0 Å². The Bertz CT molecular complexity index is 507. The summed E-state index contributed by atoms with van der Waals surface area (Å²) in [5.74, 6) is 0. The number of carbonyl (C=O) groups is 1. The van der Waals surface area contributed by atoms with Crippen LogP contribution in [0.15, 0.2) is 18.5 Å². The van der Waals surface area contributed by atoms with Crippen molar-refractivity contribution in [3.8, 4) is 0 Å². The fourth-order valence-corrected chi connectivity index (χ4v) is 2.70. The molecule has 1 aromatic rings. The number of rotatable bonds is 3. The van der Waals surface area contributed by atoms with Gasteiger partial charge in [0, 0.05) is 12.4 Å². The Morgan fingerprint density at radius 2 is 2.14 bits per heavy atom. The van der Waals surface area contributed by atoms with E-state index in [9.17, 15) is 9.90 Å². The van der Waals surface area contributed by atoms with Gasteiger partial charge in [-0.3, -0.25) is 9.58 Å². The topological polar surface area (TPSA) is 76.8 Å². The molecule has 1 N–H and O–H groups in total. The van der Waals surface area contributed by atoms with E-state index < -0.39 is 23.5 Å². The van der Waals surface area contributed by atoms with Gasteiger partial charge in [0.2, 0.25) is 0 Å². The predicted octanol–water partition coefficient (Wildman–Crippen LogP) is 1.62. The van der Waals surface area contributed by atoms with Crippen molar-refractivity contribution in [3.63, 3.8) is 0 Å². The standard InChI is InChI=1S/C15H25N3O4/c1-14(2,3)22-13(20)18-11(9-17-8-6-7-16-17)12(10-19)21-15(18,4)5/h6-8,11-12,19H,9-10H2,1-5H3/t11-,12-/m1/s1. The van der Waals surface area contributed by atoms with Gasteiger partial charge in [0.25, 0.3) is 0 Å². The number of hydrogen-bond donors (Lipinski definition) is 1. The molecule has 0 aliphatic carbocycles. The average molecular weight is 311 g/mol. The molecule has 7 nitrogen and oxygen atoms in total. The van der Waals surface area contributed by atoms with Crippen LogP contribution in [0.2, 0.25) is 0 Å². The number of aliphatic hydroxyl groups excluding tert-OH is 1. The summed E-state index contributed by atoms with van der Waals surface area (Å²) in [6.45, 7) is 9.31. The first-order valence-electron chi connectivity index (χ1n) is 7.42. The van der Waals surface area contributed by atoms with Crippen LogP contribution in [0.4, 0.5) is 4.79 Å². The van der Waals surface area contributed by atoms with Crippen molar-refractivity contribution in [2.45, 2.75) is 64.6 Å². The Balaban J connectivity index is 2.26. The van der Waals surface area contributed by atoms with Gasteiger partial charge in [-0.05, 0) is 40.7 Å². The number of aromatic nitrogens is 2. The molecule has 1 aliphatic heterocycles. The number of hydrogen-bond acceptors (Lipinski definition) is 5. The highest BCUT2D eigenvalue weighted by Crippen LogP contribution is 2.34. The maximum Gasteiger partial charge on any atom is 0.412 e. The van der Waals surface area contributed by atoms with Crippen LogP contribution in [-0.4, -0.2) is 56.0 Å². The molecule has 0 unspecified atom stereocenters. The van der Waals surface area contributed by atoms with Crippen LogP contribution in [0.5, 0.6) is 0 Å². The zero-order valence-corrected chi connectivity index (χ0v) is 13.8. The van der Waals surface area contributed by atoms with E-state index in [0.29, 0.717) is 6.54 Å². The molecule has 22 heavy (non-hydrogen) atoms. The van der Waals surface area contributed by atoms with Crippen LogP contribution in [0.3, 0.4) is 0 Å². The van der Waals surface area contributed by atoms with Gasteiger partial charge in [0.15, 0.2) is 0 Å². The van der Waals surface area contributed by atoms with Crippen LogP contribution in [-0.2, 0) is 16.0 Å². The van der Waals surface area contributed by atoms with Crippen LogP contribution in [0, 0.1) is 0 Å². The molecule has 1 amide bonds. The summed E-state index contributed by atoms with van der Waals surface area (Å²) in [4.78, 5) is 14.1. The van der Waals surface area contributed by atoms with Crippen LogP contribution in [0.25, 0.3) is 0 Å². The summed E-state index contributed by atoms with van der Waals surface area (Å²) in [6, 6.07) is 1.46. The number of carbonyl (C=O) groups excluding carboxylic acids is 1. The predicted molar refractivity (Wildman–Crippen MR) is 80.1 cm³/mol. The smallest absolute Gasteiger partial charge is 0.412 e. The molecule has 0 spiro atoms. The summed E-state index contributed by atoms with van der Waals surface area (Å²) >= 11 is 0. The molecule has 1 fully saturated rings. The largest absolute Gasteiger partial charge is 0.444 e. The average Bonchev–Trinajstić information content (AvgIpc) is 2.93. The summed E-state index contributed by atoms with van der Waals surface area (Å²) in [5, 5.41) is 13.8. The normalized spacial score (nSPS) is 24.5. The summed E-state index contributed by atoms with van der Waals surface area (Å²) < 4.78 is 13.1. The Kier molecular flexibility index (Phi) is 4.49. The maximum absolute atomic E-state index is 12.6. The fourth-order valence-electron chi connectivity index (χ4n) is 2.70. The molecule has 124 valence electrons. The highest BCUT2D eigenvalue weighted by atomic mass is 16.6. The first-order chi connectivity index (χ1) is 10.1. The van der Waals surface area contributed by atoms with Crippen molar-refractivity contribution >= 4 is 6.09 Å². The lowest BCUT2D eigenvalue weighted by Gasteiger charge is -2.35. The Morgan fingerprint density at radius 1 is 1.45 bits per heavy atom. The van der Waals surface area contributed by atoms with E-state index in [0.717, 1.165) is 0 Å². The molecule has 1 aromatic heterocycles. The summed E-state index contributed by atoms with van der Waals surface area (Å²) in [5.41, 5.74) is -1.45. The molecule has 0 bridgehead atoms. The molecule has 7 heteroatoms. The molecule has 2 rings (SSSR count). The second kappa shape index (κ2) is 5.89. The third kappa shape index (κ3) is 3.59. The van der Waals surface area contributed by atoms with Crippen molar-refractivity contribution in [1.29, 1.82) is 0 Å². The van der Waals surface area contributed by atoms with Crippen molar-refractivity contribution in [2.24, 2.45) is 0 Å². The lowest BCUT2D eigenvalue weighted by Crippen LogP contribution is -2.51. The van der Waals surface area contributed by atoms with Gasteiger partial charge in [-0.2, -0.15) is 5.10 Å². The Morgan fingerprint density at radius 3 is 2.64 bits per heavy atom. The molecule has 1 saturated heterocycles. The molecule has 0 aromatic carbocycles. The number of nitrogens with zero attached hydrogens (tertiary/aromatic N) is 3. The fraction of sp³-hybridized carbons (Fsp3) is 0.733. The van der Waals surface area contributed by atoms with Gasteiger partial charge in [0.1, 0.15) is 17.4 Å². The summed E-state index contributed by atoms with van der Waals surface area (Å²) in [6.07, 6.45) is 2.55. The Labute approximate surface area is 130 Å². The van der Waals surface area contributed by atoms with Crippen molar-refractivity contribution in [1.82, 2.24) is 14.7 Å². The van der Waals surface area contributed by atoms with E-state index >= 15 is 0 Å². The van der Waals surface area contributed by atoms with Crippen molar-refractivity contribution in [2.75, 3.05) is 6.61 Å². The monoisotopic (exact) mass is 311 g/mol. The van der Waals surface area contributed by atoms with Crippen LogP contribution < -0.4 is 0 Å². The molecule has 0 radical (unpaired) electrons. The first-order valence-corrected chi connectivity index (χ1v) is 7.42. The SMILES string of the molecule is CC(C)(C)OC(=O)N1[C@H](Cn2cccn2)[C@@H](CO)OC1(C)C. The van der Waals surface area contributed by atoms with E-state index in [1.54, 1.807) is 29.6 Å². The molecule has 1 aliphatic rings. The first kappa shape index (κ1) is 16.8. The lowest BCUT2D eigenvalue weighted by atomic mass is 10.1. The lowest BCUT2D eigenvalue weighted by molar-refractivity contribution is -0.0866. The molecule has 2 atom stereocenters. The molecular formula is C15H25N3O4. The minimum atomic E-state index is -0.854. The zero-order chi connectivity index (χ0) is 16.5. The number of aliphatic hydroxyl groups is 1. The third-order valence-electron chi connectivity index (χ3n) is 3.48. The van der Waals surface area contributed by atoms with Crippen LogP contribution >= 0.6 is 0 Å². The molecule has 0 saturated carbocycles.